The molecule has 0 saturated heterocycles. The summed E-state index contributed by atoms with van der Waals surface area (Å²) >= 11 is 0. The first-order valence-corrected chi connectivity index (χ1v) is 6.01. The maximum Gasteiger partial charge on any atom is 0.0638 e. The van der Waals surface area contributed by atoms with Gasteiger partial charge in [-0.15, -0.1) is 0 Å². The van der Waals surface area contributed by atoms with Gasteiger partial charge in [0.05, 0.1) is 12.2 Å². The molecule has 0 radical (unpaired) electrons. The third-order valence-electron chi connectivity index (χ3n) is 3.43. The number of hydrogen-bond donors (Lipinski definition) is 3. The number of aliphatic hydroxyl groups is 3. The molecule has 3 N–H and O–H groups in total. The number of hydrogen-bond acceptors (Lipinski definition) is 3. The van der Waals surface area contributed by atoms with Gasteiger partial charge in [0.25, 0.3) is 0 Å². The SMILES string of the molecule is CC(C)C(O)C(C)(C)C(O)CC(C)(C)CO. The molecule has 98 valence electrons. The fourth-order valence-electron chi connectivity index (χ4n) is 1.91. The Morgan fingerprint density at radius 2 is 1.44 bits per heavy atom. The van der Waals surface area contributed by atoms with Crippen molar-refractivity contribution in [1.29, 1.82) is 0 Å². The van der Waals surface area contributed by atoms with E-state index in [1.54, 1.807) is 0 Å². The van der Waals surface area contributed by atoms with E-state index in [0.29, 0.717) is 6.42 Å². The Bertz CT molecular complexity index is 209. The normalized spacial score (nSPS) is 17.6. The molecule has 0 aromatic heterocycles. The highest BCUT2D eigenvalue weighted by Gasteiger charge is 2.39. The number of rotatable bonds is 6. The Labute approximate surface area is 99.5 Å². The number of aliphatic hydroxyl groups excluding tert-OH is 3. The topological polar surface area (TPSA) is 60.7 Å². The van der Waals surface area contributed by atoms with Crippen LogP contribution in [0.2, 0.25) is 0 Å². The maximum atomic E-state index is 10.2. The summed E-state index contributed by atoms with van der Waals surface area (Å²) in [6.45, 7) is 11.5. The van der Waals surface area contributed by atoms with Crippen molar-refractivity contribution in [2.75, 3.05) is 6.61 Å². The van der Waals surface area contributed by atoms with Crippen molar-refractivity contribution in [3.8, 4) is 0 Å². The molecule has 0 bridgehead atoms. The average molecular weight is 232 g/mol. The molecule has 0 amide bonds. The summed E-state index contributed by atoms with van der Waals surface area (Å²) in [5, 5.41) is 29.4. The Balaban J connectivity index is 4.64. The standard InChI is InChI=1S/C13H28O3/c1-9(2)11(16)13(5,6)10(15)7-12(3,4)8-14/h9-11,14-16H,7-8H2,1-6H3. The molecule has 2 atom stereocenters. The molecule has 3 nitrogen and oxygen atoms in total. The lowest BCUT2D eigenvalue weighted by Gasteiger charge is -2.40. The van der Waals surface area contributed by atoms with Crippen LogP contribution in [0.4, 0.5) is 0 Å². The van der Waals surface area contributed by atoms with E-state index in [1.807, 2.05) is 41.5 Å². The largest absolute Gasteiger partial charge is 0.396 e. The summed E-state index contributed by atoms with van der Waals surface area (Å²) in [5.74, 6) is 0.113. The zero-order valence-corrected chi connectivity index (χ0v) is 11.5. The minimum Gasteiger partial charge on any atom is -0.396 e. The molecule has 16 heavy (non-hydrogen) atoms. The second-order valence-corrected chi connectivity index (χ2v) is 6.55. The first-order chi connectivity index (χ1) is 7.04. The van der Waals surface area contributed by atoms with Gasteiger partial charge in [0.2, 0.25) is 0 Å². The van der Waals surface area contributed by atoms with Crippen molar-refractivity contribution in [2.24, 2.45) is 16.7 Å². The minimum absolute atomic E-state index is 0.0396. The van der Waals surface area contributed by atoms with E-state index in [4.69, 9.17) is 0 Å². The molecule has 0 aromatic carbocycles. The molecule has 0 aliphatic rings. The molecule has 2 unspecified atom stereocenters. The van der Waals surface area contributed by atoms with Crippen LogP contribution in [0.5, 0.6) is 0 Å². The van der Waals surface area contributed by atoms with Gasteiger partial charge in [-0.1, -0.05) is 41.5 Å². The van der Waals surface area contributed by atoms with Crippen LogP contribution in [0.3, 0.4) is 0 Å². The highest BCUT2D eigenvalue weighted by Crippen LogP contribution is 2.35. The van der Waals surface area contributed by atoms with Gasteiger partial charge in [0, 0.05) is 12.0 Å². The van der Waals surface area contributed by atoms with Gasteiger partial charge in [0.15, 0.2) is 0 Å². The second kappa shape index (κ2) is 5.48. The molecule has 0 aliphatic heterocycles. The highest BCUT2D eigenvalue weighted by atomic mass is 16.3. The summed E-state index contributed by atoms with van der Waals surface area (Å²) in [5.41, 5.74) is -0.867. The van der Waals surface area contributed by atoms with Gasteiger partial charge < -0.3 is 15.3 Å². The molecule has 0 aromatic rings. The van der Waals surface area contributed by atoms with Gasteiger partial charge >= 0.3 is 0 Å². The van der Waals surface area contributed by atoms with Crippen molar-refractivity contribution < 1.29 is 15.3 Å². The van der Waals surface area contributed by atoms with E-state index in [2.05, 4.69) is 0 Å². The zero-order valence-electron chi connectivity index (χ0n) is 11.5. The lowest BCUT2D eigenvalue weighted by Crippen LogP contribution is -2.45. The molecular formula is C13H28O3. The Hall–Kier alpha value is -0.120. The van der Waals surface area contributed by atoms with Gasteiger partial charge in [-0.05, 0) is 17.8 Å². The van der Waals surface area contributed by atoms with E-state index in [-0.39, 0.29) is 17.9 Å². The third-order valence-corrected chi connectivity index (χ3v) is 3.43. The van der Waals surface area contributed by atoms with Crippen molar-refractivity contribution >= 4 is 0 Å². The van der Waals surface area contributed by atoms with E-state index in [0.717, 1.165) is 0 Å². The van der Waals surface area contributed by atoms with Crippen LogP contribution in [0.1, 0.15) is 48.0 Å². The minimum atomic E-state index is -0.618. The van der Waals surface area contributed by atoms with Crippen LogP contribution in [0.15, 0.2) is 0 Å². The summed E-state index contributed by atoms with van der Waals surface area (Å²) in [6, 6.07) is 0. The average Bonchev–Trinajstić information content (AvgIpc) is 2.15. The molecule has 0 rings (SSSR count). The summed E-state index contributed by atoms with van der Waals surface area (Å²) in [6.07, 6.45) is -0.677. The molecule has 0 spiro atoms. The monoisotopic (exact) mass is 232 g/mol. The first-order valence-electron chi connectivity index (χ1n) is 6.01. The molecule has 0 saturated carbocycles. The van der Waals surface area contributed by atoms with Crippen LogP contribution in [-0.4, -0.2) is 34.1 Å². The zero-order chi connectivity index (χ0) is 13.1. The van der Waals surface area contributed by atoms with Crippen LogP contribution >= 0.6 is 0 Å². The molecule has 0 heterocycles. The second-order valence-electron chi connectivity index (χ2n) is 6.55. The van der Waals surface area contributed by atoms with Gasteiger partial charge in [-0.25, -0.2) is 0 Å². The molecular weight excluding hydrogens is 204 g/mol. The van der Waals surface area contributed by atoms with Crippen LogP contribution in [0.25, 0.3) is 0 Å². The fraction of sp³-hybridized carbons (Fsp3) is 1.00. The van der Waals surface area contributed by atoms with Crippen molar-refractivity contribution in [3.63, 3.8) is 0 Å². The smallest absolute Gasteiger partial charge is 0.0638 e. The predicted octanol–water partition coefficient (Wildman–Crippen LogP) is 1.80. The maximum absolute atomic E-state index is 10.2. The lowest BCUT2D eigenvalue weighted by atomic mass is 9.71. The van der Waals surface area contributed by atoms with Crippen molar-refractivity contribution in [2.45, 2.75) is 60.2 Å². The first kappa shape index (κ1) is 15.9. The van der Waals surface area contributed by atoms with Crippen LogP contribution in [-0.2, 0) is 0 Å². The van der Waals surface area contributed by atoms with E-state index < -0.39 is 17.6 Å². The third kappa shape index (κ3) is 4.04. The van der Waals surface area contributed by atoms with Gasteiger partial charge in [-0.3, -0.25) is 0 Å². The van der Waals surface area contributed by atoms with Crippen LogP contribution in [0, 0.1) is 16.7 Å². The van der Waals surface area contributed by atoms with Crippen molar-refractivity contribution in [3.05, 3.63) is 0 Å². The van der Waals surface area contributed by atoms with E-state index >= 15 is 0 Å². The van der Waals surface area contributed by atoms with E-state index in [1.165, 1.54) is 0 Å². The van der Waals surface area contributed by atoms with Gasteiger partial charge in [-0.2, -0.15) is 0 Å². The van der Waals surface area contributed by atoms with Crippen LogP contribution < -0.4 is 0 Å². The Morgan fingerprint density at radius 1 is 1.00 bits per heavy atom. The Morgan fingerprint density at radius 3 is 1.75 bits per heavy atom. The lowest BCUT2D eigenvalue weighted by molar-refractivity contribution is -0.0852. The summed E-state index contributed by atoms with van der Waals surface area (Å²) in [4.78, 5) is 0. The molecule has 3 heteroatoms. The fourth-order valence-corrected chi connectivity index (χ4v) is 1.91. The summed E-state index contributed by atoms with van der Waals surface area (Å²) in [7, 11) is 0. The molecule has 0 fully saturated rings. The quantitative estimate of drug-likeness (QED) is 0.654. The highest BCUT2D eigenvalue weighted by molar-refractivity contribution is 4.89. The predicted molar refractivity (Wildman–Crippen MR) is 66.1 cm³/mol. The summed E-state index contributed by atoms with van der Waals surface area (Å²) < 4.78 is 0. The Kier molecular flexibility index (Phi) is 5.44. The van der Waals surface area contributed by atoms with E-state index in [9.17, 15) is 15.3 Å². The van der Waals surface area contributed by atoms with Crippen molar-refractivity contribution in [1.82, 2.24) is 0 Å². The molecule has 0 aliphatic carbocycles. The van der Waals surface area contributed by atoms with Gasteiger partial charge in [0.1, 0.15) is 0 Å².